The van der Waals surface area contributed by atoms with E-state index in [0.29, 0.717) is 11.1 Å². The Morgan fingerprint density at radius 2 is 2.00 bits per heavy atom. The first kappa shape index (κ1) is 13.5. The maximum atomic E-state index is 11.7. The van der Waals surface area contributed by atoms with Crippen LogP contribution in [0.2, 0.25) is 0 Å². The molecule has 1 heterocycles. The van der Waals surface area contributed by atoms with Crippen molar-refractivity contribution in [1.29, 1.82) is 0 Å². The standard InChI is InChI=1S/C14H14O4S/c1-8-3-5-14(13(17)18,7-10(8)12(15)16)11-4-6-19-9(11)2/h3-6H,7H2,1-2H3,(H,15,16)(H,17,18). The number of hydrogen-bond donors (Lipinski definition) is 2. The first-order valence-electron chi connectivity index (χ1n) is 5.79. The zero-order chi connectivity index (χ0) is 14.2. The van der Waals surface area contributed by atoms with Crippen LogP contribution in [0.25, 0.3) is 0 Å². The lowest BCUT2D eigenvalue weighted by Crippen LogP contribution is -2.37. The quantitative estimate of drug-likeness (QED) is 0.891. The lowest BCUT2D eigenvalue weighted by Gasteiger charge is -2.30. The predicted octanol–water partition coefficient (Wildman–Crippen LogP) is 2.74. The smallest absolute Gasteiger partial charge is 0.331 e. The highest BCUT2D eigenvalue weighted by Gasteiger charge is 2.43. The van der Waals surface area contributed by atoms with Crippen LogP contribution in [0.1, 0.15) is 23.8 Å². The van der Waals surface area contributed by atoms with Gasteiger partial charge in [0.1, 0.15) is 5.41 Å². The van der Waals surface area contributed by atoms with Crippen LogP contribution in [0.5, 0.6) is 0 Å². The van der Waals surface area contributed by atoms with Gasteiger partial charge in [0.15, 0.2) is 0 Å². The van der Waals surface area contributed by atoms with Gasteiger partial charge in [-0.25, -0.2) is 4.79 Å². The molecule has 5 heteroatoms. The molecule has 0 spiro atoms. The monoisotopic (exact) mass is 278 g/mol. The maximum Gasteiger partial charge on any atom is 0.331 e. The Balaban J connectivity index is 2.58. The van der Waals surface area contributed by atoms with Crippen LogP contribution >= 0.6 is 11.3 Å². The van der Waals surface area contributed by atoms with Gasteiger partial charge in [-0.3, -0.25) is 4.79 Å². The van der Waals surface area contributed by atoms with E-state index in [4.69, 9.17) is 0 Å². The third-order valence-electron chi connectivity index (χ3n) is 3.53. The van der Waals surface area contributed by atoms with Gasteiger partial charge in [0.05, 0.1) is 0 Å². The molecule has 0 fully saturated rings. The minimum absolute atomic E-state index is 0.0163. The van der Waals surface area contributed by atoms with E-state index in [-0.39, 0.29) is 12.0 Å². The van der Waals surface area contributed by atoms with Crippen molar-refractivity contribution in [2.75, 3.05) is 0 Å². The molecule has 1 aliphatic rings. The van der Waals surface area contributed by atoms with Crippen molar-refractivity contribution in [3.63, 3.8) is 0 Å². The molecule has 0 amide bonds. The third-order valence-corrected chi connectivity index (χ3v) is 4.37. The summed E-state index contributed by atoms with van der Waals surface area (Å²) in [6, 6.07) is 1.76. The molecule has 0 saturated carbocycles. The minimum atomic E-state index is -1.27. The predicted molar refractivity (Wildman–Crippen MR) is 72.5 cm³/mol. The van der Waals surface area contributed by atoms with Crippen LogP contribution < -0.4 is 0 Å². The van der Waals surface area contributed by atoms with E-state index < -0.39 is 17.4 Å². The molecule has 1 atom stereocenters. The number of aryl methyl sites for hydroxylation is 1. The van der Waals surface area contributed by atoms with Crippen molar-refractivity contribution in [1.82, 2.24) is 0 Å². The number of carbonyl (C=O) groups is 2. The summed E-state index contributed by atoms with van der Waals surface area (Å²) < 4.78 is 0. The van der Waals surface area contributed by atoms with Gasteiger partial charge in [0.2, 0.25) is 0 Å². The number of carboxylic acid groups (broad SMARTS) is 2. The van der Waals surface area contributed by atoms with Crippen LogP contribution in [0.4, 0.5) is 0 Å². The Morgan fingerprint density at radius 1 is 1.32 bits per heavy atom. The largest absolute Gasteiger partial charge is 0.480 e. The molecule has 0 radical (unpaired) electrons. The topological polar surface area (TPSA) is 74.6 Å². The molecule has 100 valence electrons. The molecule has 0 saturated heterocycles. The van der Waals surface area contributed by atoms with Crippen LogP contribution in [-0.2, 0) is 15.0 Å². The van der Waals surface area contributed by atoms with Gasteiger partial charge in [-0.05, 0) is 36.4 Å². The number of carboxylic acids is 2. The molecule has 0 bridgehead atoms. The van der Waals surface area contributed by atoms with Gasteiger partial charge in [0, 0.05) is 16.9 Å². The first-order chi connectivity index (χ1) is 8.88. The fourth-order valence-corrected chi connectivity index (χ4v) is 3.17. The van der Waals surface area contributed by atoms with Gasteiger partial charge in [0.25, 0.3) is 0 Å². The second-order valence-corrected chi connectivity index (χ2v) is 5.76. The Hall–Kier alpha value is -1.88. The van der Waals surface area contributed by atoms with Crippen LogP contribution in [0.3, 0.4) is 0 Å². The summed E-state index contributed by atoms with van der Waals surface area (Å²) in [5, 5.41) is 20.6. The van der Waals surface area contributed by atoms with Crippen LogP contribution in [0, 0.1) is 6.92 Å². The number of allylic oxidation sites excluding steroid dienone is 2. The second-order valence-electron chi connectivity index (χ2n) is 4.64. The van der Waals surface area contributed by atoms with E-state index in [9.17, 15) is 19.8 Å². The zero-order valence-corrected chi connectivity index (χ0v) is 11.5. The lowest BCUT2D eigenvalue weighted by molar-refractivity contribution is -0.142. The van der Waals surface area contributed by atoms with E-state index in [0.717, 1.165) is 4.88 Å². The molecule has 1 aliphatic carbocycles. The highest BCUT2D eigenvalue weighted by molar-refractivity contribution is 7.10. The summed E-state index contributed by atoms with van der Waals surface area (Å²) in [5.41, 5.74) is 0.178. The maximum absolute atomic E-state index is 11.7. The second kappa shape index (κ2) is 4.66. The Kier molecular flexibility index (Phi) is 3.32. The van der Waals surface area contributed by atoms with Crippen molar-refractivity contribution in [3.8, 4) is 0 Å². The van der Waals surface area contributed by atoms with Gasteiger partial charge in [-0.15, -0.1) is 11.3 Å². The average Bonchev–Trinajstić information content (AvgIpc) is 2.76. The summed E-state index contributed by atoms with van der Waals surface area (Å²) in [6.45, 7) is 3.54. The fourth-order valence-electron chi connectivity index (χ4n) is 2.38. The SMILES string of the molecule is CC1=C(C(=O)O)CC(C(=O)O)(c2ccsc2C)C=C1. The van der Waals surface area contributed by atoms with Crippen molar-refractivity contribution >= 4 is 23.3 Å². The van der Waals surface area contributed by atoms with Crippen molar-refractivity contribution in [3.05, 3.63) is 45.2 Å². The lowest BCUT2D eigenvalue weighted by atomic mass is 9.71. The fraction of sp³-hybridized carbons (Fsp3) is 0.286. The van der Waals surface area contributed by atoms with Crippen molar-refractivity contribution in [2.45, 2.75) is 25.7 Å². The Labute approximate surface area is 114 Å². The van der Waals surface area contributed by atoms with E-state index >= 15 is 0 Å². The summed E-state index contributed by atoms with van der Waals surface area (Å²) in [7, 11) is 0. The number of aliphatic carboxylic acids is 2. The zero-order valence-electron chi connectivity index (χ0n) is 10.6. The van der Waals surface area contributed by atoms with Crippen molar-refractivity contribution < 1.29 is 19.8 Å². The molecule has 4 nitrogen and oxygen atoms in total. The van der Waals surface area contributed by atoms with Crippen LogP contribution in [-0.4, -0.2) is 22.2 Å². The number of hydrogen-bond acceptors (Lipinski definition) is 3. The third kappa shape index (κ3) is 2.10. The summed E-state index contributed by atoms with van der Waals surface area (Å²) in [6.07, 6.45) is 3.18. The number of rotatable bonds is 3. The molecule has 1 aromatic rings. The highest BCUT2D eigenvalue weighted by atomic mass is 32.1. The van der Waals surface area contributed by atoms with Crippen LogP contribution in [0.15, 0.2) is 34.7 Å². The Morgan fingerprint density at radius 3 is 2.47 bits per heavy atom. The molecule has 19 heavy (non-hydrogen) atoms. The Bertz CT molecular complexity index is 609. The van der Waals surface area contributed by atoms with E-state index in [2.05, 4.69) is 0 Å². The molecule has 0 aromatic carbocycles. The molecular formula is C14H14O4S. The molecule has 2 rings (SSSR count). The molecule has 0 aliphatic heterocycles. The average molecular weight is 278 g/mol. The van der Waals surface area contributed by atoms with E-state index in [1.165, 1.54) is 11.3 Å². The van der Waals surface area contributed by atoms with Gasteiger partial charge < -0.3 is 10.2 Å². The summed E-state index contributed by atoms with van der Waals surface area (Å²) >= 11 is 1.46. The van der Waals surface area contributed by atoms with Gasteiger partial charge in [-0.1, -0.05) is 12.2 Å². The molecule has 1 unspecified atom stereocenters. The highest BCUT2D eigenvalue weighted by Crippen LogP contribution is 2.40. The summed E-state index contributed by atoms with van der Waals surface area (Å²) in [5.74, 6) is -2.07. The first-order valence-corrected chi connectivity index (χ1v) is 6.66. The molecule has 2 N–H and O–H groups in total. The van der Waals surface area contributed by atoms with E-state index in [1.807, 2.05) is 12.3 Å². The molecule has 1 aromatic heterocycles. The summed E-state index contributed by atoms with van der Waals surface area (Å²) in [4.78, 5) is 23.9. The van der Waals surface area contributed by atoms with Gasteiger partial charge in [-0.2, -0.15) is 0 Å². The number of thiophene rings is 1. The van der Waals surface area contributed by atoms with E-state index in [1.54, 1.807) is 25.1 Å². The normalized spacial score (nSPS) is 22.6. The van der Waals surface area contributed by atoms with Gasteiger partial charge >= 0.3 is 11.9 Å². The molecular weight excluding hydrogens is 264 g/mol. The van der Waals surface area contributed by atoms with Crippen molar-refractivity contribution in [2.24, 2.45) is 0 Å². The minimum Gasteiger partial charge on any atom is -0.480 e.